The van der Waals surface area contributed by atoms with Crippen molar-refractivity contribution in [1.82, 2.24) is 10.3 Å². The molecule has 5 heteroatoms. The molecule has 17 heavy (non-hydrogen) atoms. The highest BCUT2D eigenvalue weighted by molar-refractivity contribution is 5.90. The number of carbonyl (C=O) groups is 1. The first-order chi connectivity index (χ1) is 8.27. The Balaban J connectivity index is 2.01. The van der Waals surface area contributed by atoms with Gasteiger partial charge < -0.3 is 10.5 Å². The van der Waals surface area contributed by atoms with Gasteiger partial charge in [0.05, 0.1) is 12.2 Å². The summed E-state index contributed by atoms with van der Waals surface area (Å²) in [5.74, 6) is -0.411. The number of hydrogen-bond donors (Lipinski definition) is 1. The van der Waals surface area contributed by atoms with Crippen LogP contribution in [0.25, 0.3) is 0 Å². The maximum absolute atomic E-state index is 11.7. The summed E-state index contributed by atoms with van der Waals surface area (Å²) in [6.07, 6.45) is 2.94. The summed E-state index contributed by atoms with van der Waals surface area (Å²) in [5.41, 5.74) is 0.817. The van der Waals surface area contributed by atoms with Gasteiger partial charge in [0, 0.05) is 18.3 Å². The zero-order chi connectivity index (χ0) is 12.1. The second kappa shape index (κ2) is 5.07. The second-order valence-electron chi connectivity index (χ2n) is 3.42. The van der Waals surface area contributed by atoms with Gasteiger partial charge in [0.2, 0.25) is 0 Å². The van der Waals surface area contributed by atoms with Crippen molar-refractivity contribution in [1.29, 1.82) is 0 Å². The van der Waals surface area contributed by atoms with Crippen LogP contribution in [0.3, 0.4) is 0 Å². The van der Waals surface area contributed by atoms with Crippen LogP contribution in [0.15, 0.2) is 48.8 Å². The monoisotopic (exact) mass is 229 g/mol. The van der Waals surface area contributed by atoms with Crippen molar-refractivity contribution in [2.24, 2.45) is 0 Å². The molecule has 5 nitrogen and oxygen atoms in total. The molecule has 0 fully saturated rings. The minimum atomic E-state index is -0.411. The Morgan fingerprint density at radius 1 is 1.29 bits per heavy atom. The topological polar surface area (TPSA) is 68.9 Å². The van der Waals surface area contributed by atoms with Gasteiger partial charge in [0.1, 0.15) is 0 Å². The number of carbonyl (C=O) groups excluding carboxylic acids is 1. The third kappa shape index (κ3) is 2.78. The molecule has 0 atom stereocenters. The van der Waals surface area contributed by atoms with Gasteiger partial charge in [0.25, 0.3) is 5.69 Å². The van der Waals surface area contributed by atoms with E-state index in [1.807, 2.05) is 6.07 Å². The van der Waals surface area contributed by atoms with Gasteiger partial charge in [-0.2, -0.15) is 4.73 Å². The Morgan fingerprint density at radius 3 is 2.82 bits per heavy atom. The zero-order valence-corrected chi connectivity index (χ0v) is 9.04. The fourth-order valence-electron chi connectivity index (χ4n) is 1.37. The van der Waals surface area contributed by atoms with Gasteiger partial charge in [0.15, 0.2) is 6.20 Å². The van der Waals surface area contributed by atoms with Gasteiger partial charge >= 0.3 is 5.91 Å². The second-order valence-corrected chi connectivity index (χ2v) is 3.42. The summed E-state index contributed by atoms with van der Waals surface area (Å²) >= 11 is 0. The molecule has 86 valence electrons. The Labute approximate surface area is 98.3 Å². The molecule has 2 aromatic rings. The van der Waals surface area contributed by atoms with Crippen LogP contribution >= 0.6 is 0 Å². The molecule has 2 aromatic heterocycles. The Hall–Kier alpha value is -2.43. The van der Waals surface area contributed by atoms with E-state index in [-0.39, 0.29) is 5.69 Å². The summed E-state index contributed by atoms with van der Waals surface area (Å²) in [7, 11) is 0. The molecule has 0 aromatic carbocycles. The number of rotatable bonds is 3. The number of hydrogen-bond acceptors (Lipinski definition) is 3. The third-order valence-electron chi connectivity index (χ3n) is 2.21. The average molecular weight is 229 g/mol. The molecule has 2 rings (SSSR count). The molecule has 1 amide bonds. The van der Waals surface area contributed by atoms with Crippen molar-refractivity contribution >= 4 is 5.91 Å². The lowest BCUT2D eigenvalue weighted by Gasteiger charge is -2.04. The molecule has 2 heterocycles. The molecule has 1 N–H and O–H groups in total. The van der Waals surface area contributed by atoms with Crippen molar-refractivity contribution in [3.05, 3.63) is 65.4 Å². The largest absolute Gasteiger partial charge is 0.618 e. The van der Waals surface area contributed by atoms with E-state index in [9.17, 15) is 10.0 Å². The summed E-state index contributed by atoms with van der Waals surface area (Å²) < 4.78 is 0.535. The SMILES string of the molecule is O=C(NCc1ccccn1)c1cccc[n+]1[O-]. The molecule has 0 radical (unpaired) electrons. The lowest BCUT2D eigenvalue weighted by molar-refractivity contribution is -0.607. The highest BCUT2D eigenvalue weighted by Crippen LogP contribution is 1.95. The highest BCUT2D eigenvalue weighted by atomic mass is 16.5. The van der Waals surface area contributed by atoms with E-state index in [2.05, 4.69) is 10.3 Å². The van der Waals surface area contributed by atoms with E-state index >= 15 is 0 Å². The van der Waals surface area contributed by atoms with Gasteiger partial charge in [-0.25, -0.2) is 0 Å². The van der Waals surface area contributed by atoms with Crippen molar-refractivity contribution in [3.63, 3.8) is 0 Å². The van der Waals surface area contributed by atoms with Crippen LogP contribution < -0.4 is 10.0 Å². The first kappa shape index (κ1) is 11.1. The molecular weight excluding hydrogens is 218 g/mol. The average Bonchev–Trinajstić information content (AvgIpc) is 2.38. The van der Waals surface area contributed by atoms with Crippen molar-refractivity contribution in [2.45, 2.75) is 6.54 Å². The molecule has 0 bridgehead atoms. The Morgan fingerprint density at radius 2 is 2.12 bits per heavy atom. The summed E-state index contributed by atoms with van der Waals surface area (Å²) in [6.45, 7) is 0.300. The van der Waals surface area contributed by atoms with Crippen LogP contribution in [0, 0.1) is 5.21 Å². The smallest absolute Gasteiger partial charge is 0.317 e. The van der Waals surface area contributed by atoms with Crippen LogP contribution in [0.5, 0.6) is 0 Å². The van der Waals surface area contributed by atoms with Crippen molar-refractivity contribution in [3.8, 4) is 0 Å². The molecule has 0 saturated heterocycles. The highest BCUT2D eigenvalue weighted by Gasteiger charge is 2.14. The quantitative estimate of drug-likeness (QED) is 0.620. The van der Waals surface area contributed by atoms with Crippen molar-refractivity contribution < 1.29 is 9.52 Å². The van der Waals surface area contributed by atoms with Crippen LogP contribution in [-0.4, -0.2) is 10.9 Å². The standard InChI is InChI=1S/C12H11N3O2/c16-12(11-6-2-4-8-15(11)17)14-9-10-5-1-3-7-13-10/h1-8H,9H2,(H,14,16). The van der Waals surface area contributed by atoms with Crippen LogP contribution in [0.4, 0.5) is 0 Å². The van der Waals surface area contributed by atoms with E-state index in [4.69, 9.17) is 0 Å². The van der Waals surface area contributed by atoms with Crippen molar-refractivity contribution in [2.75, 3.05) is 0 Å². The first-order valence-electron chi connectivity index (χ1n) is 5.13. The van der Waals surface area contributed by atoms with Gasteiger partial charge in [-0.15, -0.1) is 0 Å². The molecular formula is C12H11N3O2. The molecule has 0 aliphatic carbocycles. The Kier molecular flexibility index (Phi) is 3.30. The number of nitrogens with one attached hydrogen (secondary N) is 1. The summed E-state index contributed by atoms with van der Waals surface area (Å²) in [4.78, 5) is 15.7. The number of nitrogens with zero attached hydrogens (tertiary/aromatic N) is 2. The van der Waals surface area contributed by atoms with E-state index in [1.54, 1.807) is 30.5 Å². The van der Waals surface area contributed by atoms with Crippen LogP contribution in [-0.2, 0) is 6.54 Å². The predicted molar refractivity (Wildman–Crippen MR) is 60.8 cm³/mol. The van der Waals surface area contributed by atoms with Gasteiger partial charge in [-0.1, -0.05) is 6.07 Å². The van der Waals surface area contributed by atoms with Crippen LogP contribution in [0.2, 0.25) is 0 Å². The van der Waals surface area contributed by atoms with E-state index in [0.29, 0.717) is 11.3 Å². The number of aromatic nitrogens is 2. The molecule has 0 unspecified atom stereocenters. The first-order valence-corrected chi connectivity index (χ1v) is 5.13. The fraction of sp³-hybridized carbons (Fsp3) is 0.0833. The predicted octanol–water partition coefficient (Wildman–Crippen LogP) is 0.645. The van der Waals surface area contributed by atoms with E-state index in [1.165, 1.54) is 12.3 Å². The molecule has 0 aliphatic rings. The number of pyridine rings is 2. The fourth-order valence-corrected chi connectivity index (χ4v) is 1.37. The third-order valence-corrected chi connectivity index (χ3v) is 2.21. The molecule has 0 saturated carbocycles. The molecule has 0 aliphatic heterocycles. The summed E-state index contributed by atoms with van der Waals surface area (Å²) in [5, 5.41) is 13.9. The number of amides is 1. The minimum absolute atomic E-state index is 0.0726. The van der Waals surface area contributed by atoms with Gasteiger partial charge in [-0.05, 0) is 18.2 Å². The lowest BCUT2D eigenvalue weighted by atomic mass is 10.3. The zero-order valence-electron chi connectivity index (χ0n) is 9.04. The van der Waals surface area contributed by atoms with Gasteiger partial charge in [-0.3, -0.25) is 9.78 Å². The van der Waals surface area contributed by atoms with Crippen LogP contribution in [0.1, 0.15) is 16.2 Å². The maximum atomic E-state index is 11.7. The maximum Gasteiger partial charge on any atom is 0.317 e. The van der Waals surface area contributed by atoms with E-state index in [0.717, 1.165) is 5.69 Å². The Bertz CT molecular complexity index is 514. The normalized spacial score (nSPS) is 9.88. The summed E-state index contributed by atoms with van der Waals surface area (Å²) in [6, 6.07) is 10.1. The lowest BCUT2D eigenvalue weighted by Crippen LogP contribution is -2.38. The molecule has 0 spiro atoms. The van der Waals surface area contributed by atoms with E-state index < -0.39 is 5.91 Å². The minimum Gasteiger partial charge on any atom is -0.618 e.